The quantitative estimate of drug-likeness (QED) is 0.542. The summed E-state index contributed by atoms with van der Waals surface area (Å²) in [7, 11) is 0. The highest BCUT2D eigenvalue weighted by molar-refractivity contribution is 5.67. The van der Waals surface area contributed by atoms with Crippen LogP contribution in [0.3, 0.4) is 0 Å². The number of hydrogen-bond acceptors (Lipinski definition) is 8. The summed E-state index contributed by atoms with van der Waals surface area (Å²) in [5, 5.41) is 0. The van der Waals surface area contributed by atoms with E-state index in [2.05, 4.69) is 20.0 Å². The molecule has 0 amide bonds. The van der Waals surface area contributed by atoms with Gasteiger partial charge in [0.2, 0.25) is 24.3 Å². The molecule has 0 saturated heterocycles. The molecule has 1 atom stereocenters. The molecule has 0 bridgehead atoms. The first kappa shape index (κ1) is 20.3. The van der Waals surface area contributed by atoms with E-state index in [1.165, 1.54) is 24.3 Å². The zero-order chi connectivity index (χ0) is 20.5. The third-order valence-corrected chi connectivity index (χ3v) is 4.19. The van der Waals surface area contributed by atoms with Crippen LogP contribution < -0.4 is 0 Å². The number of isocyanates is 4. The highest BCUT2D eigenvalue weighted by Crippen LogP contribution is 2.38. The molecule has 0 spiro atoms. The Morgan fingerprint density at radius 2 is 1.36 bits per heavy atom. The highest BCUT2D eigenvalue weighted by Gasteiger charge is 2.20. The standard InChI is InChI=1S/C20H14N4O4/c1-13-3-4-15(6-18(13)22-10-26)17(8-21-9-25)16-7-19(23-11-27)14(2)5-20(16)24-12-28/h3-7,17H,8H2,1-2H3. The van der Waals surface area contributed by atoms with E-state index in [1.807, 2.05) is 0 Å². The Morgan fingerprint density at radius 1 is 0.750 bits per heavy atom. The Bertz CT molecular complexity index is 1100. The van der Waals surface area contributed by atoms with Gasteiger partial charge in [-0.15, -0.1) is 0 Å². The van der Waals surface area contributed by atoms with Gasteiger partial charge < -0.3 is 0 Å². The van der Waals surface area contributed by atoms with Crippen LogP contribution in [0.1, 0.15) is 28.2 Å². The number of rotatable bonds is 7. The van der Waals surface area contributed by atoms with Gasteiger partial charge >= 0.3 is 0 Å². The van der Waals surface area contributed by atoms with Crippen LogP contribution in [0.2, 0.25) is 0 Å². The molecule has 0 aliphatic heterocycles. The van der Waals surface area contributed by atoms with Gasteiger partial charge in [0.15, 0.2) is 0 Å². The summed E-state index contributed by atoms with van der Waals surface area (Å²) in [6.45, 7) is 3.47. The van der Waals surface area contributed by atoms with Gasteiger partial charge in [-0.1, -0.05) is 12.1 Å². The SMILES string of the molecule is Cc1ccc(C(CN=C=O)c2cc(N=C=O)c(C)cc2N=C=O)cc1N=C=O. The molecule has 28 heavy (non-hydrogen) atoms. The predicted molar refractivity (Wildman–Crippen MR) is 101 cm³/mol. The molecule has 0 N–H and O–H groups in total. The van der Waals surface area contributed by atoms with E-state index in [1.54, 1.807) is 44.2 Å². The lowest BCUT2D eigenvalue weighted by Gasteiger charge is -2.19. The largest absolute Gasteiger partial charge is 0.240 e. The van der Waals surface area contributed by atoms with Gasteiger partial charge in [0.1, 0.15) is 0 Å². The molecule has 0 radical (unpaired) electrons. The molecule has 2 aromatic rings. The number of aliphatic imine (C=N–C) groups is 4. The van der Waals surface area contributed by atoms with Gasteiger partial charge in [-0.05, 0) is 54.3 Å². The molecular weight excluding hydrogens is 360 g/mol. The second kappa shape index (κ2) is 9.60. The van der Waals surface area contributed by atoms with Crippen molar-refractivity contribution in [2.24, 2.45) is 20.0 Å². The van der Waals surface area contributed by atoms with Gasteiger partial charge in [0.05, 0.1) is 23.6 Å². The molecule has 0 aliphatic carbocycles. The maximum absolute atomic E-state index is 10.9. The average molecular weight is 374 g/mol. The van der Waals surface area contributed by atoms with E-state index in [0.29, 0.717) is 33.8 Å². The van der Waals surface area contributed by atoms with Crippen LogP contribution in [-0.2, 0) is 19.2 Å². The van der Waals surface area contributed by atoms with Crippen molar-refractivity contribution < 1.29 is 19.2 Å². The number of nitrogens with zero attached hydrogens (tertiary/aromatic N) is 4. The minimum absolute atomic E-state index is 0.00845. The number of benzene rings is 2. The molecule has 1 unspecified atom stereocenters. The molecule has 0 aliphatic rings. The van der Waals surface area contributed by atoms with E-state index >= 15 is 0 Å². The van der Waals surface area contributed by atoms with Crippen LogP contribution in [0.4, 0.5) is 17.1 Å². The van der Waals surface area contributed by atoms with E-state index in [-0.39, 0.29) is 6.54 Å². The zero-order valence-electron chi connectivity index (χ0n) is 15.1. The summed E-state index contributed by atoms with van der Waals surface area (Å²) in [5.74, 6) is -0.545. The van der Waals surface area contributed by atoms with Crippen LogP contribution in [0.5, 0.6) is 0 Å². The topological polar surface area (TPSA) is 118 Å². The summed E-state index contributed by atoms with van der Waals surface area (Å²) in [5.41, 5.74) is 3.56. The fourth-order valence-electron chi connectivity index (χ4n) is 2.82. The first-order chi connectivity index (χ1) is 13.5. The molecule has 0 saturated carbocycles. The van der Waals surface area contributed by atoms with Crippen LogP contribution in [-0.4, -0.2) is 30.9 Å². The number of hydrogen-bond donors (Lipinski definition) is 0. The van der Waals surface area contributed by atoms with E-state index in [9.17, 15) is 19.2 Å². The Kier molecular flexibility index (Phi) is 6.95. The van der Waals surface area contributed by atoms with Crippen LogP contribution in [0.15, 0.2) is 50.3 Å². The van der Waals surface area contributed by atoms with Crippen molar-refractivity contribution in [2.75, 3.05) is 6.54 Å². The summed E-state index contributed by atoms with van der Waals surface area (Å²) in [6, 6.07) is 8.34. The molecule has 0 fully saturated rings. The van der Waals surface area contributed by atoms with Gasteiger partial charge in [-0.25, -0.2) is 24.2 Å². The maximum Gasteiger partial charge on any atom is 0.240 e. The van der Waals surface area contributed by atoms with E-state index < -0.39 is 5.92 Å². The number of carbonyl (C=O) groups excluding carboxylic acids is 4. The van der Waals surface area contributed by atoms with Crippen molar-refractivity contribution in [1.82, 2.24) is 0 Å². The molecule has 0 heterocycles. The minimum atomic E-state index is -0.545. The Balaban J connectivity index is 2.78. The molecular formula is C20H14N4O4. The van der Waals surface area contributed by atoms with Gasteiger partial charge in [0.25, 0.3) is 0 Å². The molecule has 8 heteroatoms. The predicted octanol–water partition coefficient (Wildman–Crippen LogP) is 3.67. The summed E-state index contributed by atoms with van der Waals surface area (Å²) >= 11 is 0. The molecule has 138 valence electrons. The van der Waals surface area contributed by atoms with Gasteiger partial charge in [-0.3, -0.25) is 0 Å². The van der Waals surface area contributed by atoms with Gasteiger partial charge in [-0.2, -0.15) is 15.0 Å². The lowest BCUT2D eigenvalue weighted by atomic mass is 9.88. The van der Waals surface area contributed by atoms with Crippen LogP contribution in [0.25, 0.3) is 0 Å². The smallest absolute Gasteiger partial charge is 0.211 e. The molecule has 2 rings (SSSR count). The van der Waals surface area contributed by atoms with Crippen molar-refractivity contribution in [2.45, 2.75) is 19.8 Å². The van der Waals surface area contributed by atoms with Crippen LogP contribution in [0, 0.1) is 13.8 Å². The average Bonchev–Trinajstić information content (AvgIpc) is 2.68. The second-order valence-electron chi connectivity index (χ2n) is 5.84. The highest BCUT2D eigenvalue weighted by atomic mass is 16.1. The fraction of sp³-hybridized carbons (Fsp3) is 0.200. The summed E-state index contributed by atoms with van der Waals surface area (Å²) < 4.78 is 0. The summed E-state index contributed by atoms with van der Waals surface area (Å²) in [6.07, 6.45) is 5.96. The van der Waals surface area contributed by atoms with Crippen molar-refractivity contribution in [3.8, 4) is 0 Å². The van der Waals surface area contributed by atoms with Crippen molar-refractivity contribution in [3.63, 3.8) is 0 Å². The molecule has 0 aromatic heterocycles. The third-order valence-electron chi connectivity index (χ3n) is 4.19. The van der Waals surface area contributed by atoms with Crippen molar-refractivity contribution >= 4 is 41.4 Å². The molecule has 8 nitrogen and oxygen atoms in total. The lowest BCUT2D eigenvalue weighted by molar-refractivity contribution is 0.561. The van der Waals surface area contributed by atoms with Crippen molar-refractivity contribution in [3.05, 3.63) is 52.6 Å². The Labute approximate surface area is 160 Å². The van der Waals surface area contributed by atoms with Gasteiger partial charge in [0, 0.05) is 5.92 Å². The molecule has 2 aromatic carbocycles. The second-order valence-corrected chi connectivity index (χ2v) is 5.84. The minimum Gasteiger partial charge on any atom is -0.211 e. The number of aryl methyl sites for hydroxylation is 2. The van der Waals surface area contributed by atoms with Crippen molar-refractivity contribution in [1.29, 1.82) is 0 Å². The monoisotopic (exact) mass is 374 g/mol. The van der Waals surface area contributed by atoms with Crippen LogP contribution >= 0.6 is 0 Å². The van der Waals surface area contributed by atoms with E-state index in [0.717, 1.165) is 5.56 Å². The normalized spacial score (nSPS) is 10.5. The maximum atomic E-state index is 10.9. The Morgan fingerprint density at radius 3 is 1.96 bits per heavy atom. The lowest BCUT2D eigenvalue weighted by Crippen LogP contribution is -2.06. The first-order valence-corrected chi connectivity index (χ1v) is 8.08. The zero-order valence-corrected chi connectivity index (χ0v) is 15.1. The first-order valence-electron chi connectivity index (χ1n) is 8.08. The fourth-order valence-corrected chi connectivity index (χ4v) is 2.82. The third kappa shape index (κ3) is 4.57. The summed E-state index contributed by atoms with van der Waals surface area (Å²) in [4.78, 5) is 57.7. The Hall–Kier alpha value is -4.04. The van der Waals surface area contributed by atoms with E-state index in [4.69, 9.17) is 0 Å².